The highest BCUT2D eigenvalue weighted by molar-refractivity contribution is 5.92. The highest BCUT2D eigenvalue weighted by Gasteiger charge is 2.09. The molecule has 6 heteroatoms. The Kier molecular flexibility index (Phi) is 7.41. The zero-order chi connectivity index (χ0) is 18.9. The number of carbonyl (C=O) groups is 1. The van der Waals surface area contributed by atoms with Gasteiger partial charge in [-0.1, -0.05) is 32.8 Å². The molecule has 0 radical (unpaired) electrons. The number of hydrogen-bond acceptors (Lipinski definition) is 5. The van der Waals surface area contributed by atoms with Crippen LogP contribution >= 0.6 is 0 Å². The Balaban J connectivity index is 2.02. The molecule has 0 atom stereocenters. The number of primary amides is 1. The second-order valence-corrected chi connectivity index (χ2v) is 6.15. The molecule has 0 unspecified atom stereocenters. The van der Waals surface area contributed by atoms with Crippen LogP contribution in [0.2, 0.25) is 0 Å². The summed E-state index contributed by atoms with van der Waals surface area (Å²) in [6.45, 7) is 6.21. The van der Waals surface area contributed by atoms with Crippen LogP contribution in [-0.4, -0.2) is 24.5 Å². The maximum Gasteiger partial charge on any atom is 0.250 e. The Morgan fingerprint density at radius 2 is 1.96 bits per heavy atom. The molecular formula is C20H27N3O3. The number of nitrogens with one attached hydrogen (secondary N) is 1. The number of aromatic nitrogens is 1. The molecular weight excluding hydrogens is 330 g/mol. The van der Waals surface area contributed by atoms with Gasteiger partial charge in [0.25, 0.3) is 0 Å². The Morgan fingerprint density at radius 3 is 2.54 bits per heavy atom. The molecule has 0 bridgehead atoms. The standard InChI is InChI=1S/C20H27N3O3/c1-4-14(5-2)11-22-12-15-6-8-17(18(10-15)25-3)26-19-9-7-16(13-23-19)20(21)24/h6-10,13-14,22H,4-5,11-12H2,1-3H3,(H2,21,24). The van der Waals surface area contributed by atoms with Gasteiger partial charge in [0.1, 0.15) is 0 Å². The number of carbonyl (C=O) groups excluding carboxylic acids is 1. The fourth-order valence-electron chi connectivity index (χ4n) is 2.60. The van der Waals surface area contributed by atoms with Crippen LogP contribution in [0.15, 0.2) is 36.5 Å². The van der Waals surface area contributed by atoms with Gasteiger partial charge in [0.05, 0.1) is 12.7 Å². The van der Waals surface area contributed by atoms with Gasteiger partial charge < -0.3 is 20.5 Å². The number of nitrogens with two attached hydrogens (primary N) is 1. The van der Waals surface area contributed by atoms with Crippen molar-refractivity contribution in [3.8, 4) is 17.4 Å². The average molecular weight is 357 g/mol. The predicted octanol–water partition coefficient (Wildman–Crippen LogP) is 3.51. The predicted molar refractivity (Wildman–Crippen MR) is 102 cm³/mol. The molecule has 1 amide bonds. The summed E-state index contributed by atoms with van der Waals surface area (Å²) in [5.74, 6) is 1.75. The fraction of sp³-hybridized carbons (Fsp3) is 0.400. The second-order valence-electron chi connectivity index (χ2n) is 6.15. The molecule has 6 nitrogen and oxygen atoms in total. The van der Waals surface area contributed by atoms with Crippen molar-refractivity contribution in [2.75, 3.05) is 13.7 Å². The van der Waals surface area contributed by atoms with E-state index < -0.39 is 5.91 Å². The van der Waals surface area contributed by atoms with Crippen molar-refractivity contribution in [2.45, 2.75) is 33.2 Å². The molecule has 2 aromatic rings. The van der Waals surface area contributed by atoms with E-state index in [-0.39, 0.29) is 0 Å². The molecule has 0 saturated heterocycles. The van der Waals surface area contributed by atoms with E-state index in [1.807, 2.05) is 18.2 Å². The minimum atomic E-state index is -0.521. The van der Waals surface area contributed by atoms with Crippen LogP contribution in [0.4, 0.5) is 0 Å². The molecule has 140 valence electrons. The summed E-state index contributed by atoms with van der Waals surface area (Å²) < 4.78 is 11.2. The van der Waals surface area contributed by atoms with Crippen LogP contribution in [0.1, 0.15) is 42.6 Å². The van der Waals surface area contributed by atoms with Gasteiger partial charge in [-0.2, -0.15) is 0 Å². The normalized spacial score (nSPS) is 10.8. The van der Waals surface area contributed by atoms with Crippen molar-refractivity contribution >= 4 is 5.91 Å². The number of benzene rings is 1. The molecule has 1 aromatic carbocycles. The Morgan fingerprint density at radius 1 is 1.19 bits per heavy atom. The number of nitrogens with zero attached hydrogens (tertiary/aromatic N) is 1. The minimum absolute atomic E-state index is 0.336. The van der Waals surface area contributed by atoms with E-state index >= 15 is 0 Å². The smallest absolute Gasteiger partial charge is 0.250 e. The summed E-state index contributed by atoms with van der Waals surface area (Å²) in [5.41, 5.74) is 6.67. The van der Waals surface area contributed by atoms with E-state index in [1.165, 1.54) is 19.0 Å². The molecule has 0 fully saturated rings. The van der Waals surface area contributed by atoms with E-state index in [0.717, 1.165) is 18.7 Å². The third-order valence-electron chi connectivity index (χ3n) is 4.38. The number of rotatable bonds is 10. The third kappa shape index (κ3) is 5.46. The van der Waals surface area contributed by atoms with Crippen molar-refractivity contribution in [1.29, 1.82) is 0 Å². The zero-order valence-corrected chi connectivity index (χ0v) is 15.6. The first-order valence-corrected chi connectivity index (χ1v) is 8.88. The molecule has 1 heterocycles. The summed E-state index contributed by atoms with van der Waals surface area (Å²) in [6.07, 6.45) is 3.75. The van der Waals surface area contributed by atoms with E-state index in [1.54, 1.807) is 19.2 Å². The Bertz CT molecular complexity index is 713. The van der Waals surface area contributed by atoms with Gasteiger partial charge >= 0.3 is 0 Å². The van der Waals surface area contributed by atoms with Gasteiger partial charge in [0.15, 0.2) is 11.5 Å². The maximum atomic E-state index is 11.1. The van der Waals surface area contributed by atoms with Gasteiger partial charge in [0.2, 0.25) is 11.8 Å². The first kappa shape index (κ1) is 19.7. The number of ether oxygens (including phenoxy) is 2. The molecule has 0 aliphatic rings. The molecule has 0 aliphatic heterocycles. The maximum absolute atomic E-state index is 11.1. The summed E-state index contributed by atoms with van der Waals surface area (Å²) in [6, 6.07) is 8.98. The van der Waals surface area contributed by atoms with Crippen molar-refractivity contribution in [1.82, 2.24) is 10.3 Å². The van der Waals surface area contributed by atoms with E-state index in [2.05, 4.69) is 24.1 Å². The lowest BCUT2D eigenvalue weighted by atomic mass is 10.0. The van der Waals surface area contributed by atoms with Crippen LogP contribution < -0.4 is 20.5 Å². The molecule has 0 spiro atoms. The topological polar surface area (TPSA) is 86.5 Å². The van der Waals surface area contributed by atoms with Gasteiger partial charge in [-0.25, -0.2) is 4.98 Å². The van der Waals surface area contributed by atoms with E-state index in [4.69, 9.17) is 15.2 Å². The third-order valence-corrected chi connectivity index (χ3v) is 4.38. The van der Waals surface area contributed by atoms with E-state index in [0.29, 0.717) is 28.9 Å². The van der Waals surface area contributed by atoms with Crippen LogP contribution in [0, 0.1) is 5.92 Å². The summed E-state index contributed by atoms with van der Waals surface area (Å²) in [5, 5.41) is 3.49. The fourth-order valence-corrected chi connectivity index (χ4v) is 2.60. The second kappa shape index (κ2) is 9.77. The average Bonchev–Trinajstić information content (AvgIpc) is 2.66. The SMILES string of the molecule is CCC(CC)CNCc1ccc(Oc2ccc(C(N)=O)cn2)c(OC)c1. The van der Waals surface area contributed by atoms with Crippen molar-refractivity contribution < 1.29 is 14.3 Å². The van der Waals surface area contributed by atoms with Crippen molar-refractivity contribution in [2.24, 2.45) is 11.7 Å². The van der Waals surface area contributed by atoms with Crippen molar-refractivity contribution in [3.63, 3.8) is 0 Å². The van der Waals surface area contributed by atoms with Crippen LogP contribution in [-0.2, 0) is 6.54 Å². The summed E-state index contributed by atoms with van der Waals surface area (Å²) >= 11 is 0. The quantitative estimate of drug-likeness (QED) is 0.679. The first-order valence-electron chi connectivity index (χ1n) is 8.88. The van der Waals surface area contributed by atoms with Crippen molar-refractivity contribution in [3.05, 3.63) is 47.7 Å². The molecule has 26 heavy (non-hydrogen) atoms. The largest absolute Gasteiger partial charge is 0.493 e. The highest BCUT2D eigenvalue weighted by Crippen LogP contribution is 2.31. The number of pyridine rings is 1. The Hall–Kier alpha value is -2.60. The zero-order valence-electron chi connectivity index (χ0n) is 15.6. The molecule has 2 rings (SSSR count). The molecule has 1 aromatic heterocycles. The van der Waals surface area contributed by atoms with E-state index in [9.17, 15) is 4.79 Å². The summed E-state index contributed by atoms with van der Waals surface area (Å²) in [4.78, 5) is 15.2. The summed E-state index contributed by atoms with van der Waals surface area (Å²) in [7, 11) is 1.60. The Labute approximate surface area is 154 Å². The molecule has 3 N–H and O–H groups in total. The monoisotopic (exact) mass is 357 g/mol. The minimum Gasteiger partial charge on any atom is -0.493 e. The highest BCUT2D eigenvalue weighted by atomic mass is 16.5. The van der Waals surface area contributed by atoms with Gasteiger partial charge in [-0.3, -0.25) is 4.79 Å². The lowest BCUT2D eigenvalue weighted by molar-refractivity contribution is 0.1000. The molecule has 0 aliphatic carbocycles. The lowest BCUT2D eigenvalue weighted by Crippen LogP contribution is -2.21. The lowest BCUT2D eigenvalue weighted by Gasteiger charge is -2.14. The number of methoxy groups -OCH3 is 1. The first-order chi connectivity index (χ1) is 12.6. The van der Waals surface area contributed by atoms with Crippen LogP contribution in [0.5, 0.6) is 17.4 Å². The van der Waals surface area contributed by atoms with Crippen LogP contribution in [0.25, 0.3) is 0 Å². The van der Waals surface area contributed by atoms with Gasteiger partial charge in [0, 0.05) is 18.8 Å². The van der Waals surface area contributed by atoms with Gasteiger partial charge in [-0.15, -0.1) is 0 Å². The van der Waals surface area contributed by atoms with Gasteiger partial charge in [-0.05, 0) is 36.2 Å². The van der Waals surface area contributed by atoms with Crippen LogP contribution in [0.3, 0.4) is 0 Å². The number of hydrogen-bond donors (Lipinski definition) is 2. The molecule has 0 saturated carbocycles. The number of amides is 1.